The summed E-state index contributed by atoms with van der Waals surface area (Å²) in [6, 6.07) is 8.36. The largest absolute Gasteiger partial charge is 0.373 e. The maximum Gasteiger partial charge on any atom is 0.139 e. The van der Waals surface area contributed by atoms with E-state index in [4.69, 9.17) is 4.74 Å². The number of ether oxygens (including phenoxy) is 1. The van der Waals surface area contributed by atoms with Crippen LogP contribution in [0.3, 0.4) is 0 Å². The van der Waals surface area contributed by atoms with Crippen molar-refractivity contribution in [3.8, 4) is 0 Å². The third-order valence-electron chi connectivity index (χ3n) is 4.31. The minimum atomic E-state index is -0.0309. The van der Waals surface area contributed by atoms with E-state index in [2.05, 4.69) is 24.3 Å². The quantitative estimate of drug-likeness (QED) is 0.768. The molecule has 2 heteroatoms. The molecule has 0 saturated carbocycles. The first-order valence-corrected chi connectivity index (χ1v) is 7.72. The maximum absolute atomic E-state index is 12.3. The Morgan fingerprint density at radius 1 is 1.20 bits per heavy atom. The van der Waals surface area contributed by atoms with Crippen LogP contribution in [-0.4, -0.2) is 12.4 Å². The molecule has 0 aromatic heterocycles. The Balaban J connectivity index is 1.63. The SMILES string of the molecule is O=C(CC1=CCCCC1)CC1OCCc2ccccc21. The molecule has 2 nitrogen and oxygen atoms in total. The molecule has 0 N–H and O–H groups in total. The fraction of sp³-hybridized carbons (Fsp3) is 0.500. The van der Waals surface area contributed by atoms with Gasteiger partial charge in [0.15, 0.2) is 0 Å². The molecule has 0 spiro atoms. The van der Waals surface area contributed by atoms with Crippen molar-refractivity contribution in [3.63, 3.8) is 0 Å². The minimum absolute atomic E-state index is 0.0309. The van der Waals surface area contributed by atoms with Crippen LogP contribution in [0.25, 0.3) is 0 Å². The van der Waals surface area contributed by atoms with Gasteiger partial charge in [-0.2, -0.15) is 0 Å². The maximum atomic E-state index is 12.3. The molecule has 106 valence electrons. The summed E-state index contributed by atoms with van der Waals surface area (Å²) in [4.78, 5) is 12.3. The fourth-order valence-electron chi connectivity index (χ4n) is 3.24. The van der Waals surface area contributed by atoms with Crippen LogP contribution in [0, 0.1) is 0 Å². The molecule has 3 rings (SSSR count). The molecule has 1 aromatic carbocycles. The van der Waals surface area contributed by atoms with E-state index in [1.807, 2.05) is 6.07 Å². The zero-order valence-electron chi connectivity index (χ0n) is 11.9. The second kappa shape index (κ2) is 6.36. The molecule has 1 aromatic rings. The molecular weight excluding hydrogens is 248 g/mol. The molecule has 1 aliphatic heterocycles. The summed E-state index contributed by atoms with van der Waals surface area (Å²) < 4.78 is 5.82. The van der Waals surface area contributed by atoms with Crippen molar-refractivity contribution in [2.75, 3.05) is 6.61 Å². The Kier molecular flexibility index (Phi) is 4.31. The number of rotatable bonds is 4. The van der Waals surface area contributed by atoms with Gasteiger partial charge in [-0.15, -0.1) is 0 Å². The van der Waals surface area contributed by atoms with Crippen LogP contribution >= 0.6 is 0 Å². The normalized spacial score (nSPS) is 22.0. The van der Waals surface area contributed by atoms with Gasteiger partial charge in [0.2, 0.25) is 0 Å². The molecule has 1 aliphatic carbocycles. The van der Waals surface area contributed by atoms with Gasteiger partial charge in [0.1, 0.15) is 5.78 Å². The zero-order valence-corrected chi connectivity index (χ0v) is 11.9. The summed E-state index contributed by atoms with van der Waals surface area (Å²) in [5.41, 5.74) is 3.89. The van der Waals surface area contributed by atoms with Crippen LogP contribution in [0.15, 0.2) is 35.9 Å². The van der Waals surface area contributed by atoms with E-state index in [0.29, 0.717) is 18.6 Å². The van der Waals surface area contributed by atoms with Gasteiger partial charge < -0.3 is 4.74 Å². The number of fused-ring (bicyclic) bond motifs is 1. The highest BCUT2D eigenvalue weighted by atomic mass is 16.5. The van der Waals surface area contributed by atoms with Gasteiger partial charge in [-0.05, 0) is 43.2 Å². The lowest BCUT2D eigenvalue weighted by Gasteiger charge is -2.25. The first-order chi connectivity index (χ1) is 9.83. The van der Waals surface area contributed by atoms with Gasteiger partial charge in [-0.3, -0.25) is 4.79 Å². The second-order valence-corrected chi connectivity index (χ2v) is 5.84. The van der Waals surface area contributed by atoms with Crippen molar-refractivity contribution in [3.05, 3.63) is 47.0 Å². The Morgan fingerprint density at radius 2 is 2.10 bits per heavy atom. The van der Waals surface area contributed by atoms with Crippen LogP contribution < -0.4 is 0 Å². The van der Waals surface area contributed by atoms with Crippen molar-refractivity contribution in [1.82, 2.24) is 0 Å². The van der Waals surface area contributed by atoms with Crippen LogP contribution in [0.4, 0.5) is 0 Å². The predicted molar refractivity (Wildman–Crippen MR) is 79.6 cm³/mol. The smallest absolute Gasteiger partial charge is 0.139 e. The van der Waals surface area contributed by atoms with E-state index in [1.54, 1.807) is 0 Å². The third kappa shape index (κ3) is 3.18. The van der Waals surface area contributed by atoms with Gasteiger partial charge in [0.05, 0.1) is 12.7 Å². The lowest BCUT2D eigenvalue weighted by molar-refractivity contribution is -0.121. The van der Waals surface area contributed by atoms with Crippen LogP contribution in [-0.2, 0) is 16.0 Å². The lowest BCUT2D eigenvalue weighted by atomic mass is 9.91. The average Bonchev–Trinajstić information content (AvgIpc) is 2.48. The van der Waals surface area contributed by atoms with Crippen molar-refractivity contribution in [1.29, 1.82) is 0 Å². The Morgan fingerprint density at radius 3 is 2.95 bits per heavy atom. The molecule has 0 radical (unpaired) electrons. The van der Waals surface area contributed by atoms with E-state index in [9.17, 15) is 4.79 Å². The van der Waals surface area contributed by atoms with Crippen molar-refractivity contribution in [2.45, 2.75) is 51.0 Å². The van der Waals surface area contributed by atoms with Crippen LogP contribution in [0.5, 0.6) is 0 Å². The Labute approximate surface area is 120 Å². The van der Waals surface area contributed by atoms with E-state index >= 15 is 0 Å². The summed E-state index contributed by atoms with van der Waals surface area (Å²) >= 11 is 0. The number of allylic oxidation sites excluding steroid dienone is 2. The lowest BCUT2D eigenvalue weighted by Crippen LogP contribution is -2.19. The fourth-order valence-corrected chi connectivity index (χ4v) is 3.24. The van der Waals surface area contributed by atoms with Gasteiger partial charge in [-0.25, -0.2) is 0 Å². The number of carbonyl (C=O) groups is 1. The number of carbonyl (C=O) groups excluding carboxylic acids is 1. The average molecular weight is 270 g/mol. The van der Waals surface area contributed by atoms with Crippen molar-refractivity contribution >= 4 is 5.78 Å². The topological polar surface area (TPSA) is 26.3 Å². The van der Waals surface area contributed by atoms with E-state index < -0.39 is 0 Å². The van der Waals surface area contributed by atoms with E-state index in [1.165, 1.54) is 29.5 Å². The number of hydrogen-bond acceptors (Lipinski definition) is 2. The standard InChI is InChI=1S/C18H22O2/c19-16(12-14-6-2-1-3-7-14)13-18-17-9-5-4-8-15(17)10-11-20-18/h4-6,8-9,18H,1-3,7,10-13H2. The monoisotopic (exact) mass is 270 g/mol. The number of Topliss-reactive ketones (excluding diaryl/α,β-unsaturated/α-hetero) is 1. The van der Waals surface area contributed by atoms with Crippen molar-refractivity contribution < 1.29 is 9.53 Å². The molecule has 2 aliphatic rings. The highest BCUT2D eigenvalue weighted by Crippen LogP contribution is 2.31. The number of hydrogen-bond donors (Lipinski definition) is 0. The molecule has 0 bridgehead atoms. The molecule has 0 saturated heterocycles. The molecule has 0 amide bonds. The van der Waals surface area contributed by atoms with Crippen LogP contribution in [0.2, 0.25) is 0 Å². The minimum Gasteiger partial charge on any atom is -0.373 e. The molecule has 0 fully saturated rings. The highest BCUT2D eigenvalue weighted by molar-refractivity contribution is 5.81. The van der Waals surface area contributed by atoms with Gasteiger partial charge in [0.25, 0.3) is 0 Å². The summed E-state index contributed by atoms with van der Waals surface area (Å²) in [7, 11) is 0. The molecule has 20 heavy (non-hydrogen) atoms. The second-order valence-electron chi connectivity index (χ2n) is 5.84. The predicted octanol–water partition coefficient (Wildman–Crippen LogP) is 4.15. The zero-order chi connectivity index (χ0) is 13.8. The Bertz CT molecular complexity index is 516. The third-order valence-corrected chi connectivity index (χ3v) is 4.31. The van der Waals surface area contributed by atoms with Gasteiger partial charge in [0, 0.05) is 12.8 Å². The van der Waals surface area contributed by atoms with Crippen molar-refractivity contribution in [2.24, 2.45) is 0 Å². The molecule has 1 atom stereocenters. The highest BCUT2D eigenvalue weighted by Gasteiger charge is 2.23. The first kappa shape index (κ1) is 13.6. The van der Waals surface area contributed by atoms with Gasteiger partial charge in [-0.1, -0.05) is 35.9 Å². The Hall–Kier alpha value is -1.41. The van der Waals surface area contributed by atoms with E-state index in [0.717, 1.165) is 25.9 Å². The summed E-state index contributed by atoms with van der Waals surface area (Å²) in [5.74, 6) is 0.319. The molecule has 1 unspecified atom stereocenters. The summed E-state index contributed by atoms with van der Waals surface area (Å²) in [6.07, 6.45) is 9.11. The molecule has 1 heterocycles. The van der Waals surface area contributed by atoms with Gasteiger partial charge >= 0.3 is 0 Å². The number of ketones is 1. The summed E-state index contributed by atoms with van der Waals surface area (Å²) in [5, 5.41) is 0. The van der Waals surface area contributed by atoms with E-state index in [-0.39, 0.29) is 6.10 Å². The molecular formula is C18H22O2. The number of benzene rings is 1. The first-order valence-electron chi connectivity index (χ1n) is 7.72. The van der Waals surface area contributed by atoms with Crippen LogP contribution in [0.1, 0.15) is 55.8 Å². The summed E-state index contributed by atoms with van der Waals surface area (Å²) in [6.45, 7) is 0.734.